The van der Waals surface area contributed by atoms with Crippen LogP contribution in [-0.2, 0) is 0 Å². The second-order valence-corrected chi connectivity index (χ2v) is 6.94. The number of aromatic amines is 1. The first-order valence-corrected chi connectivity index (χ1v) is 7.71. The number of nitrogens with two attached hydrogens (primary N) is 1. The Labute approximate surface area is 140 Å². The summed E-state index contributed by atoms with van der Waals surface area (Å²) in [7, 11) is 0. The van der Waals surface area contributed by atoms with E-state index in [9.17, 15) is 9.90 Å². The monoisotopic (exact) mass is 324 g/mol. The smallest absolute Gasteiger partial charge is 0.254 e. The van der Waals surface area contributed by atoms with Gasteiger partial charge in [-0.25, -0.2) is 4.98 Å². The van der Waals surface area contributed by atoms with Gasteiger partial charge >= 0.3 is 0 Å². The van der Waals surface area contributed by atoms with Gasteiger partial charge in [-0.05, 0) is 45.9 Å². The number of anilines is 1. The van der Waals surface area contributed by atoms with Crippen LogP contribution in [0.4, 0.5) is 5.95 Å². The summed E-state index contributed by atoms with van der Waals surface area (Å²) in [5, 5.41) is 13.2. The highest BCUT2D eigenvalue weighted by molar-refractivity contribution is 5.92. The zero-order valence-electron chi connectivity index (χ0n) is 17.0. The fraction of sp³-hybridized carbons (Fsp3) is 0.688. The zero-order chi connectivity index (χ0) is 19.9. The summed E-state index contributed by atoms with van der Waals surface area (Å²) in [5.41, 5.74) is 4.96. The number of H-pyrrole nitrogens is 1. The van der Waals surface area contributed by atoms with Crippen LogP contribution in [0.5, 0.6) is 0 Å². The molecule has 7 heteroatoms. The van der Waals surface area contributed by atoms with E-state index in [1.807, 2.05) is 20.8 Å². The minimum absolute atomic E-state index is 0.0757. The topological polar surface area (TPSA) is 116 Å². The van der Waals surface area contributed by atoms with E-state index in [0.29, 0.717) is 0 Å². The lowest BCUT2D eigenvalue weighted by Gasteiger charge is -2.28. The number of rotatable bonds is 3. The number of aliphatic hydroxyl groups is 1. The zero-order valence-corrected chi connectivity index (χ0v) is 14.0. The van der Waals surface area contributed by atoms with Gasteiger partial charge in [-0.15, -0.1) is 0 Å². The van der Waals surface area contributed by atoms with Crippen molar-refractivity contribution in [2.45, 2.75) is 64.6 Å². The summed E-state index contributed by atoms with van der Waals surface area (Å²) in [6, 6.07) is -0.546. The number of carbonyl (C=O) groups excluding carboxylic acids is 1. The number of nitrogens with zero attached hydrogens (tertiary/aromatic N) is 2. The molecule has 1 aliphatic carbocycles. The molecule has 0 spiro atoms. The van der Waals surface area contributed by atoms with Crippen molar-refractivity contribution in [2.24, 2.45) is 16.6 Å². The van der Waals surface area contributed by atoms with E-state index < -0.39 is 30.3 Å². The molecule has 2 rings (SSSR count). The van der Waals surface area contributed by atoms with Gasteiger partial charge in [0.15, 0.2) is 0 Å². The lowest BCUT2D eigenvalue weighted by molar-refractivity contribution is 0.0704. The molecule has 0 bridgehead atoms. The first-order chi connectivity index (χ1) is 11.8. The van der Waals surface area contributed by atoms with Gasteiger partial charge in [0, 0.05) is 14.5 Å². The average molecular weight is 324 g/mol. The van der Waals surface area contributed by atoms with Crippen molar-refractivity contribution < 1.29 is 14.0 Å². The maximum Gasteiger partial charge on any atom is 0.254 e. The summed E-state index contributed by atoms with van der Waals surface area (Å²) in [5.74, 6) is -1.08. The van der Waals surface area contributed by atoms with Crippen molar-refractivity contribution in [3.63, 3.8) is 0 Å². The summed E-state index contributed by atoms with van der Waals surface area (Å²) in [4.78, 5) is 23.1. The molecular formula is C16H27N5O2. The Bertz CT molecular complexity index is 757. The molecule has 1 heterocycles. The molecule has 1 fully saturated rings. The van der Waals surface area contributed by atoms with Crippen LogP contribution in [0.1, 0.15) is 61.4 Å². The van der Waals surface area contributed by atoms with Gasteiger partial charge in [0.05, 0.1) is 19.1 Å². The molecular weight excluding hydrogens is 294 g/mol. The number of nitrogens with one attached hydrogen (secondary N) is 2. The Hall–Kier alpha value is -1.89. The molecule has 3 atom stereocenters. The van der Waals surface area contributed by atoms with Gasteiger partial charge in [-0.3, -0.25) is 9.79 Å². The maximum atomic E-state index is 11.8. The highest BCUT2D eigenvalue weighted by Gasteiger charge is 2.26. The third-order valence-corrected chi connectivity index (χ3v) is 3.57. The SMILES string of the molecule is [2H]c1nc(NC(C)(C)C)[nH]c(=NC2CC(O)C(C)C([2H])([2H])C2)c1C(N)=O. The van der Waals surface area contributed by atoms with Crippen LogP contribution in [-0.4, -0.2) is 38.7 Å². The predicted molar refractivity (Wildman–Crippen MR) is 88.9 cm³/mol. The third kappa shape index (κ3) is 4.79. The molecule has 1 amide bonds. The van der Waals surface area contributed by atoms with E-state index in [0.717, 1.165) is 0 Å². The van der Waals surface area contributed by atoms with Gasteiger partial charge in [0.25, 0.3) is 5.91 Å². The molecule has 1 saturated carbocycles. The van der Waals surface area contributed by atoms with Crippen LogP contribution in [0.15, 0.2) is 11.2 Å². The summed E-state index contributed by atoms with van der Waals surface area (Å²) >= 11 is 0. The number of hydrogen-bond acceptors (Lipinski definition) is 5. The first-order valence-electron chi connectivity index (χ1n) is 9.21. The normalized spacial score (nSPS) is 30.2. The molecule has 7 nitrogen and oxygen atoms in total. The number of hydrogen-bond donors (Lipinski definition) is 4. The fourth-order valence-corrected chi connectivity index (χ4v) is 2.36. The molecule has 1 aromatic rings. The number of primary amides is 1. The molecule has 3 unspecified atom stereocenters. The van der Waals surface area contributed by atoms with E-state index in [2.05, 4.69) is 20.3 Å². The van der Waals surface area contributed by atoms with Crippen molar-refractivity contribution in [3.05, 3.63) is 17.2 Å². The van der Waals surface area contributed by atoms with Crippen molar-refractivity contribution in [3.8, 4) is 0 Å². The van der Waals surface area contributed by atoms with Crippen molar-refractivity contribution in [2.75, 3.05) is 5.32 Å². The van der Waals surface area contributed by atoms with Gasteiger partial charge in [0.2, 0.25) is 5.95 Å². The Balaban J connectivity index is 2.52. The largest absolute Gasteiger partial charge is 0.393 e. The fourth-order valence-electron chi connectivity index (χ4n) is 2.36. The second-order valence-electron chi connectivity index (χ2n) is 6.94. The van der Waals surface area contributed by atoms with Crippen molar-refractivity contribution >= 4 is 11.9 Å². The highest BCUT2D eigenvalue weighted by Crippen LogP contribution is 2.25. The molecule has 0 aliphatic heterocycles. The Morgan fingerprint density at radius 2 is 2.35 bits per heavy atom. The molecule has 23 heavy (non-hydrogen) atoms. The number of carbonyl (C=O) groups is 1. The van der Waals surface area contributed by atoms with Crippen LogP contribution < -0.4 is 16.5 Å². The van der Waals surface area contributed by atoms with Crippen LogP contribution in [0.25, 0.3) is 0 Å². The van der Waals surface area contributed by atoms with Crippen LogP contribution >= 0.6 is 0 Å². The molecule has 0 saturated heterocycles. The Morgan fingerprint density at radius 1 is 1.65 bits per heavy atom. The Morgan fingerprint density at radius 3 is 2.91 bits per heavy atom. The molecule has 5 N–H and O–H groups in total. The van der Waals surface area contributed by atoms with E-state index in [1.165, 1.54) is 0 Å². The minimum Gasteiger partial charge on any atom is -0.393 e. The lowest BCUT2D eigenvalue weighted by atomic mass is 9.85. The van der Waals surface area contributed by atoms with E-state index >= 15 is 0 Å². The minimum atomic E-state index is -1.58. The molecule has 1 aliphatic rings. The van der Waals surface area contributed by atoms with Gasteiger partial charge in [-0.2, -0.15) is 0 Å². The summed E-state index contributed by atoms with van der Waals surface area (Å²) in [6.45, 7) is 7.41. The number of aliphatic hydroxyl groups excluding tert-OH is 1. The van der Waals surface area contributed by atoms with Gasteiger partial charge in [-0.1, -0.05) is 6.92 Å². The van der Waals surface area contributed by atoms with E-state index in [1.54, 1.807) is 6.92 Å². The summed E-state index contributed by atoms with van der Waals surface area (Å²) in [6.07, 6.45) is -2.36. The summed E-state index contributed by atoms with van der Waals surface area (Å²) < 4.78 is 24.2. The molecule has 128 valence electrons. The van der Waals surface area contributed by atoms with Crippen LogP contribution in [0.2, 0.25) is 0 Å². The quantitative estimate of drug-likeness (QED) is 0.667. The predicted octanol–water partition coefficient (Wildman–Crippen LogP) is 1.17. The Kier molecular flexibility index (Phi) is 3.94. The van der Waals surface area contributed by atoms with Gasteiger partial charge in [0.1, 0.15) is 5.49 Å². The third-order valence-electron chi connectivity index (χ3n) is 3.57. The molecule has 0 radical (unpaired) electrons. The molecule has 0 aromatic carbocycles. The van der Waals surface area contributed by atoms with Crippen molar-refractivity contribution in [1.29, 1.82) is 0 Å². The van der Waals surface area contributed by atoms with Crippen LogP contribution in [0, 0.1) is 5.92 Å². The van der Waals surface area contributed by atoms with E-state index in [-0.39, 0.29) is 41.6 Å². The lowest BCUT2D eigenvalue weighted by Crippen LogP contribution is -2.34. The number of aromatic nitrogens is 2. The van der Waals surface area contributed by atoms with Crippen molar-refractivity contribution in [1.82, 2.24) is 9.97 Å². The first kappa shape index (κ1) is 13.5. The standard InChI is InChI=1S/C16H27N5O2/c1-9-5-6-10(7-12(9)22)19-14-11(13(17)23)8-18-15(20-14)21-16(2,3)4/h8-10,12,22H,5-7H2,1-4H3,(H2,17,23)(H2,18,19,20,21)/i5D2,8D. The van der Waals surface area contributed by atoms with E-state index in [4.69, 9.17) is 9.85 Å². The van der Waals surface area contributed by atoms with Crippen LogP contribution in [0.3, 0.4) is 0 Å². The maximum absolute atomic E-state index is 11.8. The number of amides is 1. The average Bonchev–Trinajstić information content (AvgIpc) is 2.41. The van der Waals surface area contributed by atoms with Gasteiger partial charge < -0.3 is 21.1 Å². The molecule has 1 aromatic heterocycles. The second kappa shape index (κ2) is 6.70. The highest BCUT2D eigenvalue weighted by atomic mass is 16.3.